The Morgan fingerprint density at radius 3 is 2.62 bits per heavy atom. The Hall–Kier alpha value is -1.90. The summed E-state index contributed by atoms with van der Waals surface area (Å²) in [7, 11) is 0. The maximum atomic E-state index is 11.3. The molecule has 0 aliphatic heterocycles. The van der Waals surface area contributed by atoms with Crippen LogP contribution in [0.3, 0.4) is 0 Å². The van der Waals surface area contributed by atoms with Crippen molar-refractivity contribution in [2.75, 3.05) is 13.2 Å². The van der Waals surface area contributed by atoms with Gasteiger partial charge in [-0.1, -0.05) is 13.8 Å². The average molecular weight is 375 g/mol. The van der Waals surface area contributed by atoms with Crippen LogP contribution in [0.15, 0.2) is 12.1 Å². The number of aliphatic carboxylic acids is 1. The van der Waals surface area contributed by atoms with E-state index in [1.54, 1.807) is 12.1 Å². The minimum Gasteiger partial charge on any atom is -0.479 e. The van der Waals surface area contributed by atoms with Crippen LogP contribution in [-0.2, 0) is 11.3 Å². The van der Waals surface area contributed by atoms with E-state index in [4.69, 9.17) is 9.84 Å². The van der Waals surface area contributed by atoms with Gasteiger partial charge in [0.1, 0.15) is 4.83 Å². The van der Waals surface area contributed by atoms with Gasteiger partial charge in [-0.2, -0.15) is 0 Å². The molecule has 0 atom stereocenters. The third-order valence-corrected chi connectivity index (χ3v) is 4.03. The first-order valence-corrected chi connectivity index (χ1v) is 7.91. The van der Waals surface area contributed by atoms with Crippen LogP contribution in [0.2, 0.25) is 0 Å². The lowest BCUT2D eigenvalue weighted by Crippen LogP contribution is -2.19. The number of nitrogens with zero attached hydrogens (tertiary/aromatic N) is 1. The van der Waals surface area contributed by atoms with Crippen molar-refractivity contribution in [2.24, 2.45) is 5.92 Å². The van der Waals surface area contributed by atoms with Crippen molar-refractivity contribution >= 4 is 45.9 Å². The zero-order valence-electron chi connectivity index (χ0n) is 13.2. The second-order valence-corrected chi connectivity index (χ2v) is 6.43. The molecule has 3 N–H and O–H groups in total. The molecule has 0 fully saturated rings. The van der Waals surface area contributed by atoms with Gasteiger partial charge in [-0.3, -0.25) is 0 Å². The first-order chi connectivity index (χ1) is 10.9. The number of carboxylic acids is 2. The van der Waals surface area contributed by atoms with Gasteiger partial charge in [0.25, 0.3) is 0 Å². The molecular formula is C15H19ClN2O5S. The number of hydrogen-bond donors (Lipinski definition) is 3. The maximum Gasteiger partial charge on any atom is 0.349 e. The number of aromatic carboxylic acids is 1. The van der Waals surface area contributed by atoms with Gasteiger partial charge in [-0.25, -0.2) is 14.6 Å². The van der Waals surface area contributed by atoms with Gasteiger partial charge >= 0.3 is 11.9 Å². The second kappa shape index (κ2) is 8.81. The lowest BCUT2D eigenvalue weighted by Gasteiger charge is -2.07. The lowest BCUT2D eigenvalue weighted by molar-refractivity contribution is -0.139. The molecule has 0 unspecified atom stereocenters. The molecule has 2 heterocycles. The molecule has 2 rings (SSSR count). The van der Waals surface area contributed by atoms with E-state index in [9.17, 15) is 14.7 Å². The Morgan fingerprint density at radius 2 is 2.04 bits per heavy atom. The summed E-state index contributed by atoms with van der Waals surface area (Å²) in [5, 5.41) is 21.7. The van der Waals surface area contributed by atoms with Crippen LogP contribution >= 0.6 is 23.7 Å². The number of fused-ring (bicyclic) bond motifs is 1. The predicted octanol–water partition coefficient (Wildman–Crippen LogP) is 2.63. The smallest absolute Gasteiger partial charge is 0.349 e. The molecule has 0 aliphatic rings. The van der Waals surface area contributed by atoms with Crippen LogP contribution in [-0.4, -0.2) is 40.3 Å². The summed E-state index contributed by atoms with van der Waals surface area (Å²) in [5.41, 5.74) is 0.793. The molecule has 132 valence electrons. The number of carboxylic acid groups (broad SMARTS) is 2. The Kier molecular flexibility index (Phi) is 7.40. The second-order valence-electron chi connectivity index (χ2n) is 5.43. The fourth-order valence-electron chi connectivity index (χ4n) is 2.00. The van der Waals surface area contributed by atoms with E-state index < -0.39 is 18.5 Å². The minimum absolute atomic E-state index is 0. The zero-order valence-corrected chi connectivity index (χ0v) is 14.9. The van der Waals surface area contributed by atoms with Crippen LogP contribution in [0.4, 0.5) is 0 Å². The van der Waals surface area contributed by atoms with Crippen molar-refractivity contribution in [2.45, 2.75) is 20.4 Å². The first kappa shape index (κ1) is 20.1. The molecule has 0 saturated heterocycles. The molecular weight excluding hydrogens is 356 g/mol. The molecule has 0 saturated carbocycles. The topological polar surface area (TPSA) is 109 Å². The molecule has 24 heavy (non-hydrogen) atoms. The first-order valence-electron chi connectivity index (χ1n) is 7.09. The summed E-state index contributed by atoms with van der Waals surface area (Å²) in [6.45, 7) is 5.06. The predicted molar refractivity (Wildman–Crippen MR) is 93.5 cm³/mol. The molecule has 0 radical (unpaired) electrons. The van der Waals surface area contributed by atoms with Crippen LogP contribution in [0.1, 0.15) is 29.2 Å². The Labute approximate surface area is 149 Å². The summed E-state index contributed by atoms with van der Waals surface area (Å²) in [6.07, 6.45) is 0. The molecule has 9 heteroatoms. The van der Waals surface area contributed by atoms with Gasteiger partial charge in [0, 0.05) is 6.54 Å². The number of halogens is 1. The van der Waals surface area contributed by atoms with Crippen molar-refractivity contribution in [3.05, 3.63) is 22.7 Å². The van der Waals surface area contributed by atoms with E-state index in [0.29, 0.717) is 22.7 Å². The van der Waals surface area contributed by atoms with Crippen molar-refractivity contribution in [3.8, 4) is 5.75 Å². The van der Waals surface area contributed by atoms with Crippen molar-refractivity contribution in [1.29, 1.82) is 0 Å². The summed E-state index contributed by atoms with van der Waals surface area (Å²) in [4.78, 5) is 26.9. The lowest BCUT2D eigenvalue weighted by atomic mass is 10.2. The molecule has 2 aromatic heterocycles. The van der Waals surface area contributed by atoms with E-state index in [0.717, 1.165) is 23.6 Å². The van der Waals surface area contributed by atoms with Crippen LogP contribution in [0, 0.1) is 5.92 Å². The molecule has 0 aromatic carbocycles. The van der Waals surface area contributed by atoms with Gasteiger partial charge in [-0.05, 0) is 24.6 Å². The quantitative estimate of drug-likeness (QED) is 0.651. The highest BCUT2D eigenvalue weighted by molar-refractivity contribution is 7.20. The van der Waals surface area contributed by atoms with E-state index in [-0.39, 0.29) is 23.0 Å². The number of hydrogen-bond acceptors (Lipinski definition) is 6. The van der Waals surface area contributed by atoms with E-state index in [1.807, 2.05) is 0 Å². The Morgan fingerprint density at radius 1 is 1.33 bits per heavy atom. The molecule has 2 aromatic rings. The molecule has 0 bridgehead atoms. The van der Waals surface area contributed by atoms with Crippen LogP contribution in [0.5, 0.6) is 5.75 Å². The third-order valence-electron chi connectivity index (χ3n) is 2.96. The highest BCUT2D eigenvalue weighted by Gasteiger charge is 2.21. The maximum absolute atomic E-state index is 11.3. The monoisotopic (exact) mass is 374 g/mol. The van der Waals surface area contributed by atoms with E-state index >= 15 is 0 Å². The number of rotatable bonds is 8. The molecule has 0 aliphatic carbocycles. The number of carbonyl (C=O) groups is 2. The fourth-order valence-corrected chi connectivity index (χ4v) is 2.98. The number of nitrogens with one attached hydrogen (secondary N) is 1. The van der Waals surface area contributed by atoms with Gasteiger partial charge in [0.15, 0.2) is 17.2 Å². The van der Waals surface area contributed by atoms with Crippen LogP contribution < -0.4 is 10.1 Å². The summed E-state index contributed by atoms with van der Waals surface area (Å²) in [6, 6.07) is 3.50. The average Bonchev–Trinajstić information content (AvgIpc) is 2.82. The summed E-state index contributed by atoms with van der Waals surface area (Å²) in [5.74, 6) is -1.74. The molecule has 0 spiro atoms. The molecule has 7 nitrogen and oxygen atoms in total. The molecule has 0 amide bonds. The van der Waals surface area contributed by atoms with Crippen LogP contribution in [0.25, 0.3) is 10.2 Å². The van der Waals surface area contributed by atoms with Gasteiger partial charge in [0.2, 0.25) is 0 Å². The summed E-state index contributed by atoms with van der Waals surface area (Å²) >= 11 is 0.981. The number of thiophene rings is 1. The number of pyridine rings is 1. The normalized spacial score (nSPS) is 10.6. The number of ether oxygens (including phenoxy) is 1. The van der Waals surface area contributed by atoms with Crippen molar-refractivity contribution in [1.82, 2.24) is 10.3 Å². The zero-order chi connectivity index (χ0) is 17.0. The largest absolute Gasteiger partial charge is 0.479 e. The Bertz CT molecular complexity index is 732. The van der Waals surface area contributed by atoms with E-state index in [2.05, 4.69) is 24.1 Å². The van der Waals surface area contributed by atoms with E-state index in [1.165, 1.54) is 0 Å². The van der Waals surface area contributed by atoms with Crippen molar-refractivity contribution in [3.63, 3.8) is 0 Å². The van der Waals surface area contributed by atoms with Crippen molar-refractivity contribution < 1.29 is 24.5 Å². The highest BCUT2D eigenvalue weighted by atomic mass is 35.5. The fraction of sp³-hybridized carbons (Fsp3) is 0.400. The van der Waals surface area contributed by atoms with Gasteiger partial charge in [-0.15, -0.1) is 23.7 Å². The number of aromatic nitrogens is 1. The Balaban J connectivity index is 0.00000288. The highest BCUT2D eigenvalue weighted by Crippen LogP contribution is 2.37. The van der Waals surface area contributed by atoms with Gasteiger partial charge < -0.3 is 20.3 Å². The minimum atomic E-state index is -1.16. The van der Waals surface area contributed by atoms with Gasteiger partial charge in [0.05, 0.1) is 11.1 Å². The third kappa shape index (κ3) is 5.05. The SMILES string of the molecule is CC(C)CNCc1ccc2c(OCC(=O)O)c(C(=O)O)sc2n1.Cl. The standard InChI is InChI=1S/C15H18N2O5S.ClH/c1-8(2)5-16-6-9-3-4-10-12(22-7-11(18)19)13(15(20)21)23-14(10)17-9;/h3-4,8,16H,5-7H2,1-2H3,(H,18,19)(H,20,21);1H. The summed E-state index contributed by atoms with van der Waals surface area (Å²) < 4.78 is 5.14.